The highest BCUT2D eigenvalue weighted by Crippen LogP contribution is 2.22. The Kier molecular flexibility index (Phi) is 7.86. The van der Waals surface area contributed by atoms with Crippen molar-refractivity contribution < 1.29 is 31.1 Å². The van der Waals surface area contributed by atoms with Crippen molar-refractivity contribution >= 4 is 37.3 Å². The van der Waals surface area contributed by atoms with E-state index in [0.717, 1.165) is 29.5 Å². The molecule has 0 bridgehead atoms. The summed E-state index contributed by atoms with van der Waals surface area (Å²) in [5, 5.41) is 0. The normalized spacial score (nSPS) is 12.6. The lowest BCUT2D eigenvalue weighted by Crippen LogP contribution is -2.20. The maximum absolute atomic E-state index is 14.4. The summed E-state index contributed by atoms with van der Waals surface area (Å²) in [5.41, 5.74) is 0.126. The number of thiazole rings is 1. The minimum Gasteiger partial charge on any atom is -0.380 e. The molecule has 1 aromatic heterocycles. The van der Waals surface area contributed by atoms with E-state index in [0.29, 0.717) is 11.3 Å². The van der Waals surface area contributed by atoms with E-state index in [1.54, 1.807) is 6.92 Å². The lowest BCUT2D eigenvalue weighted by molar-refractivity contribution is -0.118. The van der Waals surface area contributed by atoms with Crippen LogP contribution in [-0.4, -0.2) is 37.9 Å². The van der Waals surface area contributed by atoms with E-state index < -0.39 is 33.2 Å². The molecule has 0 radical (unpaired) electrons. The number of hydrogen-bond donors (Lipinski definition) is 0. The molecule has 172 valence electrons. The van der Waals surface area contributed by atoms with Crippen molar-refractivity contribution in [1.29, 1.82) is 0 Å². The van der Waals surface area contributed by atoms with Crippen molar-refractivity contribution in [2.75, 3.05) is 19.0 Å². The molecular formula is C21H21F3N2O4S2. The minimum atomic E-state index is -3.67. The van der Waals surface area contributed by atoms with Crippen LogP contribution in [0.2, 0.25) is 0 Å². The van der Waals surface area contributed by atoms with E-state index in [-0.39, 0.29) is 47.0 Å². The summed E-state index contributed by atoms with van der Waals surface area (Å²) in [6, 6.07) is 6.37. The zero-order chi connectivity index (χ0) is 23.3. The van der Waals surface area contributed by atoms with E-state index in [1.807, 2.05) is 0 Å². The SMILES string of the molecule is CCOCCn1c(=NC(=O)CCCS(=O)(=O)c2ccc(F)cc2)sc2cc(F)cc(F)c21. The van der Waals surface area contributed by atoms with Crippen molar-refractivity contribution in [3.63, 3.8) is 0 Å². The summed E-state index contributed by atoms with van der Waals surface area (Å²) in [5.74, 6) is -2.95. The lowest BCUT2D eigenvalue weighted by Gasteiger charge is -2.06. The van der Waals surface area contributed by atoms with Crippen LogP contribution in [0.15, 0.2) is 46.3 Å². The van der Waals surface area contributed by atoms with Gasteiger partial charge in [-0.1, -0.05) is 11.3 Å². The summed E-state index contributed by atoms with van der Waals surface area (Å²) >= 11 is 0.962. The average Bonchev–Trinajstić information content (AvgIpc) is 3.05. The van der Waals surface area contributed by atoms with Gasteiger partial charge in [0.15, 0.2) is 20.5 Å². The molecule has 2 aromatic carbocycles. The maximum Gasteiger partial charge on any atom is 0.248 e. The topological polar surface area (TPSA) is 77.7 Å². The van der Waals surface area contributed by atoms with E-state index >= 15 is 0 Å². The summed E-state index contributed by atoms with van der Waals surface area (Å²) in [4.78, 5) is 16.5. The predicted octanol–water partition coefficient (Wildman–Crippen LogP) is 3.84. The molecule has 1 heterocycles. The third kappa shape index (κ3) is 5.84. The third-order valence-corrected chi connectivity index (χ3v) is 7.40. The van der Waals surface area contributed by atoms with Crippen LogP contribution in [0, 0.1) is 17.5 Å². The van der Waals surface area contributed by atoms with Gasteiger partial charge in [0.25, 0.3) is 0 Å². The van der Waals surface area contributed by atoms with Crippen molar-refractivity contribution in [2.24, 2.45) is 4.99 Å². The van der Waals surface area contributed by atoms with Gasteiger partial charge in [-0.25, -0.2) is 21.6 Å². The molecule has 0 atom stereocenters. The fourth-order valence-electron chi connectivity index (χ4n) is 3.06. The number of amides is 1. The van der Waals surface area contributed by atoms with Gasteiger partial charge in [0.05, 0.1) is 27.5 Å². The molecule has 0 aliphatic rings. The second-order valence-electron chi connectivity index (χ2n) is 6.85. The van der Waals surface area contributed by atoms with E-state index in [2.05, 4.69) is 4.99 Å². The van der Waals surface area contributed by atoms with Crippen LogP contribution >= 0.6 is 11.3 Å². The molecular weight excluding hydrogens is 465 g/mol. The number of carbonyl (C=O) groups excluding carboxylic acids is 1. The first-order chi connectivity index (χ1) is 15.2. The van der Waals surface area contributed by atoms with Crippen molar-refractivity contribution in [2.45, 2.75) is 31.2 Å². The first-order valence-corrected chi connectivity index (χ1v) is 12.3. The van der Waals surface area contributed by atoms with Crippen LogP contribution in [0.4, 0.5) is 13.2 Å². The van der Waals surface area contributed by atoms with Crippen LogP contribution < -0.4 is 4.80 Å². The van der Waals surface area contributed by atoms with Crippen LogP contribution in [0.25, 0.3) is 10.2 Å². The van der Waals surface area contributed by atoms with Crippen LogP contribution in [0.5, 0.6) is 0 Å². The molecule has 3 aromatic rings. The predicted molar refractivity (Wildman–Crippen MR) is 114 cm³/mol. The number of sulfone groups is 1. The molecule has 0 saturated heterocycles. The van der Waals surface area contributed by atoms with Crippen molar-refractivity contribution in [1.82, 2.24) is 4.57 Å². The molecule has 0 fully saturated rings. The van der Waals surface area contributed by atoms with Gasteiger partial charge in [-0.15, -0.1) is 0 Å². The number of halogens is 3. The fourth-order valence-corrected chi connectivity index (χ4v) is 5.48. The van der Waals surface area contributed by atoms with Crippen LogP contribution in [0.1, 0.15) is 19.8 Å². The maximum atomic E-state index is 14.4. The number of hydrogen-bond acceptors (Lipinski definition) is 5. The molecule has 0 aliphatic heterocycles. The highest BCUT2D eigenvalue weighted by molar-refractivity contribution is 7.91. The Hall–Kier alpha value is -2.50. The minimum absolute atomic E-state index is 0.00880. The average molecular weight is 487 g/mol. The molecule has 0 aliphatic carbocycles. The Morgan fingerprint density at radius 1 is 1.12 bits per heavy atom. The number of rotatable bonds is 9. The molecule has 3 rings (SSSR count). The Bertz CT molecular complexity index is 1280. The van der Waals surface area contributed by atoms with Gasteiger partial charge in [-0.2, -0.15) is 4.99 Å². The lowest BCUT2D eigenvalue weighted by atomic mass is 10.3. The number of carbonyl (C=O) groups is 1. The summed E-state index contributed by atoms with van der Waals surface area (Å²) in [7, 11) is -3.67. The molecule has 11 heteroatoms. The summed E-state index contributed by atoms with van der Waals surface area (Å²) in [6.07, 6.45) is -0.147. The molecule has 0 N–H and O–H groups in total. The standard InChI is InChI=1S/C21H21F3N2O4S2/c1-2-30-10-9-26-20-17(24)12-15(23)13-18(20)31-21(26)25-19(27)4-3-11-32(28,29)16-7-5-14(22)6-8-16/h5-8,12-13H,2-4,9-11H2,1H3. The highest BCUT2D eigenvalue weighted by atomic mass is 32.2. The smallest absolute Gasteiger partial charge is 0.248 e. The monoisotopic (exact) mass is 486 g/mol. The fraction of sp³-hybridized carbons (Fsp3) is 0.333. The zero-order valence-electron chi connectivity index (χ0n) is 17.2. The molecule has 0 saturated carbocycles. The second-order valence-corrected chi connectivity index (χ2v) is 9.97. The Labute approximate surface area is 186 Å². The Morgan fingerprint density at radius 3 is 2.53 bits per heavy atom. The van der Waals surface area contributed by atoms with Gasteiger partial charge in [0.1, 0.15) is 11.6 Å². The van der Waals surface area contributed by atoms with Crippen molar-refractivity contribution in [3.8, 4) is 0 Å². The quantitative estimate of drug-likeness (QED) is 0.340. The van der Waals surface area contributed by atoms with Crippen molar-refractivity contribution in [3.05, 3.63) is 58.7 Å². The number of benzene rings is 2. The molecule has 1 amide bonds. The van der Waals surface area contributed by atoms with Gasteiger partial charge in [-0.3, -0.25) is 4.79 Å². The number of nitrogens with zero attached hydrogens (tertiary/aromatic N) is 2. The zero-order valence-corrected chi connectivity index (χ0v) is 18.8. The Balaban J connectivity index is 1.78. The van der Waals surface area contributed by atoms with Crippen LogP contribution in [-0.2, 0) is 25.9 Å². The van der Waals surface area contributed by atoms with E-state index in [1.165, 1.54) is 22.8 Å². The largest absolute Gasteiger partial charge is 0.380 e. The van der Waals surface area contributed by atoms with Gasteiger partial charge >= 0.3 is 0 Å². The molecule has 32 heavy (non-hydrogen) atoms. The van der Waals surface area contributed by atoms with E-state index in [4.69, 9.17) is 4.74 Å². The first kappa shape index (κ1) is 24.1. The van der Waals surface area contributed by atoms with Gasteiger partial charge in [0, 0.05) is 25.6 Å². The van der Waals surface area contributed by atoms with Crippen LogP contribution in [0.3, 0.4) is 0 Å². The Morgan fingerprint density at radius 2 is 1.84 bits per heavy atom. The summed E-state index contributed by atoms with van der Waals surface area (Å²) < 4.78 is 72.7. The van der Waals surface area contributed by atoms with Gasteiger partial charge < -0.3 is 9.30 Å². The van der Waals surface area contributed by atoms with Gasteiger partial charge in [-0.05, 0) is 43.7 Å². The molecule has 6 nitrogen and oxygen atoms in total. The second kappa shape index (κ2) is 10.4. The molecule has 0 spiro atoms. The number of fused-ring (bicyclic) bond motifs is 1. The van der Waals surface area contributed by atoms with Gasteiger partial charge in [0.2, 0.25) is 5.91 Å². The van der Waals surface area contributed by atoms with E-state index in [9.17, 15) is 26.4 Å². The number of ether oxygens (including phenoxy) is 1. The first-order valence-electron chi connectivity index (χ1n) is 9.83. The molecule has 0 unspecified atom stereocenters. The summed E-state index contributed by atoms with van der Waals surface area (Å²) in [6.45, 7) is 2.72. The number of aromatic nitrogens is 1. The third-order valence-electron chi connectivity index (χ3n) is 4.56. The highest BCUT2D eigenvalue weighted by Gasteiger charge is 2.16.